The van der Waals surface area contributed by atoms with Crippen LogP contribution in [0.4, 0.5) is 70.2 Å². The predicted molar refractivity (Wildman–Crippen MR) is 49.6 cm³/mol. The Morgan fingerprint density at radius 1 is 0.429 bits per heavy atom. The van der Waals surface area contributed by atoms with Crippen LogP contribution in [-0.2, 0) is 14.3 Å². The quantitative estimate of drug-likeness (QED) is 0.383. The summed E-state index contributed by atoms with van der Waals surface area (Å²) in [5, 5.41) is -8.02. The van der Waals surface area contributed by atoms with Crippen LogP contribution in [0, 0.1) is 0 Å². The molecule has 168 valence electrons. The molecule has 20 heteroatoms. The minimum Gasteiger partial charge on any atom is -0.192 e. The van der Waals surface area contributed by atoms with E-state index in [0.29, 0.717) is 0 Å². The summed E-state index contributed by atoms with van der Waals surface area (Å²) in [7, 11) is -8.56. The van der Waals surface area contributed by atoms with Crippen molar-refractivity contribution in [1.82, 2.24) is 0 Å². The van der Waals surface area contributed by atoms with E-state index in [0.717, 1.165) is 0 Å². The van der Waals surface area contributed by atoms with E-state index in [1.807, 2.05) is 0 Å². The van der Waals surface area contributed by atoms with Crippen molar-refractivity contribution in [3.05, 3.63) is 0 Å². The minimum atomic E-state index is -8.64. The summed E-state index contributed by atoms with van der Waals surface area (Å²) in [5.74, 6) is -50.8. The normalized spacial score (nSPS) is 33.6. The average molecular weight is 480 g/mol. The van der Waals surface area contributed by atoms with Gasteiger partial charge in [-0.05, 0) is 0 Å². The standard InChI is InChI=1S/C8F16O3S/c9-1(10)2(11,12)4(15,16)6(19,20)8(23,24)28(25,26)27-7(21,22)5(17,18)3(1,13)14. The molecule has 0 radical (unpaired) electrons. The lowest BCUT2D eigenvalue weighted by Gasteiger charge is -2.44. The molecule has 28 heavy (non-hydrogen) atoms. The van der Waals surface area contributed by atoms with E-state index < -0.39 is 57.0 Å². The number of hydrogen-bond acceptors (Lipinski definition) is 3. The summed E-state index contributed by atoms with van der Waals surface area (Å²) in [6.45, 7) is 0. The number of halogens is 16. The first kappa shape index (κ1) is 24.8. The molecule has 1 rings (SSSR count). The van der Waals surface area contributed by atoms with Gasteiger partial charge >= 0.3 is 57.0 Å². The zero-order valence-electron chi connectivity index (χ0n) is 11.7. The molecule has 1 heterocycles. The Kier molecular flexibility index (Phi) is 4.86. The monoisotopic (exact) mass is 480 g/mol. The molecule has 0 aromatic carbocycles. The Balaban J connectivity index is 4.19. The fourth-order valence-electron chi connectivity index (χ4n) is 1.55. The molecule has 3 nitrogen and oxygen atoms in total. The van der Waals surface area contributed by atoms with E-state index in [2.05, 4.69) is 0 Å². The van der Waals surface area contributed by atoms with Crippen molar-refractivity contribution in [3.8, 4) is 0 Å². The predicted octanol–water partition coefficient (Wildman–Crippen LogP) is 4.34. The van der Waals surface area contributed by atoms with Crippen LogP contribution < -0.4 is 0 Å². The van der Waals surface area contributed by atoms with E-state index in [-0.39, 0.29) is 0 Å². The highest BCUT2D eigenvalue weighted by Gasteiger charge is 2.98. The first-order valence-electron chi connectivity index (χ1n) is 5.68. The molecule has 0 spiro atoms. The minimum absolute atomic E-state index is 1.43. The second-order valence-electron chi connectivity index (χ2n) is 5.02. The molecule has 0 saturated carbocycles. The molecule has 1 saturated heterocycles. The van der Waals surface area contributed by atoms with Crippen LogP contribution in [0.15, 0.2) is 0 Å². The summed E-state index contributed by atoms with van der Waals surface area (Å²) in [4.78, 5) is 0. The summed E-state index contributed by atoms with van der Waals surface area (Å²) >= 11 is 0. The van der Waals surface area contributed by atoms with Crippen molar-refractivity contribution in [2.45, 2.75) is 46.9 Å². The van der Waals surface area contributed by atoms with E-state index in [4.69, 9.17) is 0 Å². The number of rotatable bonds is 0. The first-order chi connectivity index (χ1) is 11.7. The highest BCUT2D eigenvalue weighted by molar-refractivity contribution is 7.87. The molecular formula is C8F16O3S. The zero-order chi connectivity index (χ0) is 23.2. The van der Waals surface area contributed by atoms with E-state index in [9.17, 15) is 78.7 Å². The molecule has 0 aliphatic carbocycles. The third kappa shape index (κ3) is 2.38. The first-order valence-corrected chi connectivity index (χ1v) is 7.09. The highest BCUT2D eigenvalue weighted by Crippen LogP contribution is 2.65. The van der Waals surface area contributed by atoms with Crippen LogP contribution in [0.1, 0.15) is 0 Å². The lowest BCUT2D eigenvalue weighted by Crippen LogP contribution is -2.77. The van der Waals surface area contributed by atoms with Gasteiger partial charge in [-0.15, -0.1) is 0 Å². The van der Waals surface area contributed by atoms with Crippen LogP contribution in [0.2, 0.25) is 0 Å². The lowest BCUT2D eigenvalue weighted by atomic mass is 9.91. The van der Waals surface area contributed by atoms with Crippen molar-refractivity contribution in [2.75, 3.05) is 0 Å². The molecule has 0 amide bonds. The van der Waals surface area contributed by atoms with Gasteiger partial charge in [0.1, 0.15) is 0 Å². The van der Waals surface area contributed by atoms with Gasteiger partial charge in [-0.1, -0.05) is 0 Å². The molecule has 0 bridgehead atoms. The van der Waals surface area contributed by atoms with Crippen LogP contribution in [0.3, 0.4) is 0 Å². The molecule has 0 N–H and O–H groups in total. The molecule has 0 aromatic heterocycles. The molecule has 0 unspecified atom stereocenters. The fraction of sp³-hybridized carbons (Fsp3) is 1.00. The highest BCUT2D eigenvalue weighted by atomic mass is 32.2. The van der Waals surface area contributed by atoms with Gasteiger partial charge in [0.2, 0.25) is 0 Å². The van der Waals surface area contributed by atoms with Gasteiger partial charge in [0, 0.05) is 0 Å². The van der Waals surface area contributed by atoms with Crippen LogP contribution >= 0.6 is 0 Å². The van der Waals surface area contributed by atoms with Crippen molar-refractivity contribution >= 4 is 10.1 Å². The maximum atomic E-state index is 13.1. The van der Waals surface area contributed by atoms with Crippen molar-refractivity contribution in [3.63, 3.8) is 0 Å². The van der Waals surface area contributed by atoms with Crippen molar-refractivity contribution in [2.24, 2.45) is 0 Å². The van der Waals surface area contributed by atoms with Gasteiger partial charge in [0.15, 0.2) is 0 Å². The van der Waals surface area contributed by atoms with Gasteiger partial charge in [0.05, 0.1) is 0 Å². The largest absolute Gasteiger partial charge is 0.440 e. The summed E-state index contributed by atoms with van der Waals surface area (Å²) in [6.07, 6.45) is -7.82. The molecule has 0 atom stereocenters. The van der Waals surface area contributed by atoms with E-state index in [1.54, 1.807) is 0 Å². The Bertz CT molecular complexity index is 752. The molecular weight excluding hydrogens is 480 g/mol. The molecule has 1 aliphatic rings. The lowest BCUT2D eigenvalue weighted by molar-refractivity contribution is -0.467. The third-order valence-corrected chi connectivity index (χ3v) is 4.54. The Hall–Kier alpha value is -1.21. The van der Waals surface area contributed by atoms with Crippen molar-refractivity contribution < 1.29 is 82.8 Å². The Morgan fingerprint density at radius 3 is 1.00 bits per heavy atom. The van der Waals surface area contributed by atoms with Gasteiger partial charge < -0.3 is 0 Å². The second kappa shape index (κ2) is 5.48. The zero-order valence-corrected chi connectivity index (χ0v) is 12.5. The summed E-state index contributed by atoms with van der Waals surface area (Å²) < 4.78 is 232. The third-order valence-electron chi connectivity index (χ3n) is 3.23. The number of alkyl halides is 16. The van der Waals surface area contributed by atoms with E-state index >= 15 is 0 Å². The molecule has 1 aliphatic heterocycles. The Morgan fingerprint density at radius 2 is 0.679 bits per heavy atom. The van der Waals surface area contributed by atoms with Crippen LogP contribution in [0.5, 0.6) is 0 Å². The molecule has 0 aromatic rings. The SMILES string of the molecule is O=S1(=O)OC(F)(F)C(F)(F)C(F)(F)C(F)(F)C(F)(F)C(F)(F)C(F)(F)C1(F)F. The van der Waals surface area contributed by atoms with Gasteiger partial charge in [-0.2, -0.15) is 82.8 Å². The summed E-state index contributed by atoms with van der Waals surface area (Å²) in [6, 6.07) is 0. The fourth-order valence-corrected chi connectivity index (χ4v) is 2.48. The van der Waals surface area contributed by atoms with Gasteiger partial charge in [-0.3, -0.25) is 0 Å². The van der Waals surface area contributed by atoms with E-state index in [1.165, 1.54) is 4.18 Å². The maximum absolute atomic E-state index is 13.1. The molecule has 1 fully saturated rings. The topological polar surface area (TPSA) is 43.4 Å². The second-order valence-corrected chi connectivity index (χ2v) is 6.61. The van der Waals surface area contributed by atoms with Gasteiger partial charge in [-0.25, -0.2) is 0 Å². The van der Waals surface area contributed by atoms with Crippen molar-refractivity contribution in [1.29, 1.82) is 0 Å². The summed E-state index contributed by atoms with van der Waals surface area (Å²) in [5.41, 5.74) is 0. The van der Waals surface area contributed by atoms with Crippen LogP contribution in [-0.4, -0.2) is 55.3 Å². The Labute approximate surface area is 141 Å². The smallest absolute Gasteiger partial charge is 0.192 e. The van der Waals surface area contributed by atoms with Gasteiger partial charge in [0.25, 0.3) is 0 Å². The van der Waals surface area contributed by atoms with Crippen LogP contribution in [0.25, 0.3) is 0 Å². The number of hydrogen-bond donors (Lipinski definition) is 0. The maximum Gasteiger partial charge on any atom is 0.440 e. The average Bonchev–Trinajstić information content (AvgIpc) is 2.43.